The minimum atomic E-state index is -0.0720. The molecule has 104 valence electrons. The van der Waals surface area contributed by atoms with E-state index in [9.17, 15) is 4.79 Å². The summed E-state index contributed by atoms with van der Waals surface area (Å²) in [5.41, 5.74) is 1.04. The van der Waals surface area contributed by atoms with Crippen LogP contribution < -0.4 is 0 Å². The van der Waals surface area contributed by atoms with Gasteiger partial charge in [0.25, 0.3) is 0 Å². The third kappa shape index (κ3) is 3.80. The highest BCUT2D eigenvalue weighted by Gasteiger charge is 2.31. The molecule has 1 heterocycles. The zero-order valence-electron chi connectivity index (χ0n) is 11.8. The molecular formula is C16H23NO2. The van der Waals surface area contributed by atoms with Crippen molar-refractivity contribution < 1.29 is 9.53 Å². The number of nitrogens with zero attached hydrogens (tertiary/aromatic N) is 1. The van der Waals surface area contributed by atoms with Crippen LogP contribution >= 0.6 is 0 Å². The molecule has 0 saturated carbocycles. The fraction of sp³-hybridized carbons (Fsp3) is 0.562. The van der Waals surface area contributed by atoms with Crippen molar-refractivity contribution in [2.24, 2.45) is 0 Å². The van der Waals surface area contributed by atoms with E-state index in [1.54, 1.807) is 0 Å². The van der Waals surface area contributed by atoms with Gasteiger partial charge < -0.3 is 4.74 Å². The van der Waals surface area contributed by atoms with Gasteiger partial charge in [-0.2, -0.15) is 0 Å². The molecular weight excluding hydrogens is 238 g/mol. The van der Waals surface area contributed by atoms with Crippen molar-refractivity contribution in [3.05, 3.63) is 35.9 Å². The maximum atomic E-state index is 12.2. The zero-order valence-corrected chi connectivity index (χ0v) is 11.8. The van der Waals surface area contributed by atoms with Crippen LogP contribution in [0.2, 0.25) is 0 Å². The van der Waals surface area contributed by atoms with Crippen LogP contribution in [0.5, 0.6) is 0 Å². The van der Waals surface area contributed by atoms with Crippen molar-refractivity contribution in [1.82, 2.24) is 4.90 Å². The number of esters is 1. The minimum absolute atomic E-state index is 0.0579. The molecule has 0 N–H and O–H groups in total. The Bertz CT molecular complexity index is 402. The van der Waals surface area contributed by atoms with Gasteiger partial charge in [-0.1, -0.05) is 36.8 Å². The molecule has 0 spiro atoms. The first-order valence-electron chi connectivity index (χ1n) is 7.15. The molecule has 1 fully saturated rings. The van der Waals surface area contributed by atoms with E-state index in [1.165, 1.54) is 6.42 Å². The van der Waals surface area contributed by atoms with Gasteiger partial charge in [-0.15, -0.1) is 0 Å². The number of ether oxygens (including phenoxy) is 1. The highest BCUT2D eigenvalue weighted by Crippen LogP contribution is 2.21. The van der Waals surface area contributed by atoms with Gasteiger partial charge in [-0.3, -0.25) is 9.69 Å². The molecule has 2 rings (SSSR count). The van der Waals surface area contributed by atoms with Gasteiger partial charge in [-0.05, 0) is 38.8 Å². The Balaban J connectivity index is 1.91. The summed E-state index contributed by atoms with van der Waals surface area (Å²) in [5, 5.41) is 0. The first kappa shape index (κ1) is 14.1. The van der Waals surface area contributed by atoms with E-state index in [0.717, 1.165) is 24.9 Å². The summed E-state index contributed by atoms with van der Waals surface area (Å²) in [5.74, 6) is -0.0720. The van der Waals surface area contributed by atoms with Crippen LogP contribution in [-0.2, 0) is 16.1 Å². The molecule has 1 aliphatic heterocycles. The second-order valence-electron chi connectivity index (χ2n) is 5.44. The lowest BCUT2D eigenvalue weighted by Gasteiger charge is -2.36. The summed E-state index contributed by atoms with van der Waals surface area (Å²) in [4.78, 5) is 14.5. The second kappa shape index (κ2) is 6.71. The summed E-state index contributed by atoms with van der Waals surface area (Å²) < 4.78 is 5.47. The molecule has 1 saturated heterocycles. The van der Waals surface area contributed by atoms with Crippen LogP contribution in [0.1, 0.15) is 38.7 Å². The first-order valence-corrected chi connectivity index (χ1v) is 7.15. The molecule has 0 amide bonds. The Morgan fingerprint density at radius 1 is 1.32 bits per heavy atom. The first-order chi connectivity index (χ1) is 9.18. The van der Waals surface area contributed by atoms with Gasteiger partial charge in [0.15, 0.2) is 0 Å². The Hall–Kier alpha value is -1.35. The normalized spacial score (nSPS) is 20.5. The predicted molar refractivity (Wildman–Crippen MR) is 75.7 cm³/mol. The minimum Gasteiger partial charge on any atom is -0.460 e. The lowest BCUT2D eigenvalue weighted by Crippen LogP contribution is -2.48. The van der Waals surface area contributed by atoms with Gasteiger partial charge in [-0.25, -0.2) is 0 Å². The number of benzene rings is 1. The van der Waals surface area contributed by atoms with Crippen LogP contribution in [0.4, 0.5) is 0 Å². The third-order valence-corrected chi connectivity index (χ3v) is 3.70. The standard InChI is InChI=1S/C16H23NO2/c1-13(2)17-11-7-6-10-15(17)16(18)19-12-14-8-4-3-5-9-14/h3-5,8-9,13,15H,6-7,10-12H2,1-2H3. The Labute approximate surface area is 115 Å². The Kier molecular flexibility index (Phi) is 4.97. The van der Waals surface area contributed by atoms with Crippen molar-refractivity contribution >= 4 is 5.97 Å². The molecule has 0 radical (unpaired) electrons. The summed E-state index contributed by atoms with van der Waals surface area (Å²) in [6.45, 7) is 5.66. The van der Waals surface area contributed by atoms with E-state index < -0.39 is 0 Å². The highest BCUT2D eigenvalue weighted by molar-refractivity contribution is 5.76. The molecule has 1 aromatic rings. The molecule has 19 heavy (non-hydrogen) atoms. The number of likely N-dealkylation sites (tertiary alicyclic amines) is 1. The number of carbonyl (C=O) groups excluding carboxylic acids is 1. The van der Waals surface area contributed by atoms with Crippen LogP contribution in [0, 0.1) is 0 Å². The van der Waals surface area contributed by atoms with Gasteiger partial charge in [0.2, 0.25) is 0 Å². The molecule has 0 aliphatic carbocycles. The number of piperidine rings is 1. The van der Waals surface area contributed by atoms with E-state index in [0.29, 0.717) is 12.6 Å². The van der Waals surface area contributed by atoms with Crippen LogP contribution in [0.15, 0.2) is 30.3 Å². The lowest BCUT2D eigenvalue weighted by molar-refractivity contribution is -0.153. The smallest absolute Gasteiger partial charge is 0.323 e. The third-order valence-electron chi connectivity index (χ3n) is 3.70. The molecule has 3 heteroatoms. The molecule has 0 aromatic heterocycles. The fourth-order valence-corrected chi connectivity index (χ4v) is 2.65. The van der Waals surface area contributed by atoms with Gasteiger partial charge >= 0.3 is 5.97 Å². The highest BCUT2D eigenvalue weighted by atomic mass is 16.5. The fourth-order valence-electron chi connectivity index (χ4n) is 2.65. The average Bonchev–Trinajstić information content (AvgIpc) is 2.46. The van der Waals surface area contributed by atoms with E-state index in [1.807, 2.05) is 30.3 Å². The maximum absolute atomic E-state index is 12.2. The lowest BCUT2D eigenvalue weighted by atomic mass is 10.0. The molecule has 1 aliphatic rings. The summed E-state index contributed by atoms with van der Waals surface area (Å²) in [6, 6.07) is 10.2. The molecule has 0 bridgehead atoms. The monoisotopic (exact) mass is 261 g/mol. The average molecular weight is 261 g/mol. The van der Waals surface area contributed by atoms with Gasteiger partial charge in [0, 0.05) is 6.04 Å². The Morgan fingerprint density at radius 3 is 2.74 bits per heavy atom. The quantitative estimate of drug-likeness (QED) is 0.780. The predicted octanol–water partition coefficient (Wildman–Crippen LogP) is 2.99. The van der Waals surface area contributed by atoms with E-state index >= 15 is 0 Å². The van der Waals surface area contributed by atoms with Crippen molar-refractivity contribution in [1.29, 1.82) is 0 Å². The number of rotatable bonds is 4. The Morgan fingerprint density at radius 2 is 2.05 bits per heavy atom. The van der Waals surface area contributed by atoms with Crippen molar-refractivity contribution in [2.45, 2.75) is 51.8 Å². The number of hydrogen-bond acceptors (Lipinski definition) is 3. The molecule has 1 unspecified atom stereocenters. The van der Waals surface area contributed by atoms with Crippen molar-refractivity contribution in [3.63, 3.8) is 0 Å². The summed E-state index contributed by atoms with van der Waals surface area (Å²) in [7, 11) is 0. The maximum Gasteiger partial charge on any atom is 0.323 e. The largest absolute Gasteiger partial charge is 0.460 e. The van der Waals surface area contributed by atoms with Crippen molar-refractivity contribution in [3.8, 4) is 0 Å². The summed E-state index contributed by atoms with van der Waals surface area (Å²) in [6.07, 6.45) is 3.22. The van der Waals surface area contributed by atoms with Gasteiger partial charge in [0.1, 0.15) is 12.6 Å². The zero-order chi connectivity index (χ0) is 13.7. The molecule has 1 aromatic carbocycles. The topological polar surface area (TPSA) is 29.5 Å². The van der Waals surface area contributed by atoms with Crippen LogP contribution in [0.3, 0.4) is 0 Å². The van der Waals surface area contributed by atoms with Gasteiger partial charge in [0.05, 0.1) is 0 Å². The summed E-state index contributed by atoms with van der Waals surface area (Å²) >= 11 is 0. The van der Waals surface area contributed by atoms with Crippen LogP contribution in [-0.4, -0.2) is 29.5 Å². The van der Waals surface area contributed by atoms with E-state index in [-0.39, 0.29) is 12.0 Å². The van der Waals surface area contributed by atoms with E-state index in [4.69, 9.17) is 4.74 Å². The van der Waals surface area contributed by atoms with Crippen LogP contribution in [0.25, 0.3) is 0 Å². The number of carbonyl (C=O) groups is 1. The molecule has 3 nitrogen and oxygen atoms in total. The number of hydrogen-bond donors (Lipinski definition) is 0. The molecule has 1 atom stereocenters. The van der Waals surface area contributed by atoms with E-state index in [2.05, 4.69) is 18.7 Å². The van der Waals surface area contributed by atoms with Crippen molar-refractivity contribution in [2.75, 3.05) is 6.54 Å². The SMILES string of the molecule is CC(C)N1CCCCC1C(=O)OCc1ccccc1. The second-order valence-corrected chi connectivity index (χ2v) is 5.44.